The van der Waals surface area contributed by atoms with E-state index in [9.17, 15) is 4.79 Å². The largest absolute Gasteiger partial charge is 0.497 e. The Morgan fingerprint density at radius 1 is 1.44 bits per heavy atom. The molecule has 4 nitrogen and oxygen atoms in total. The van der Waals surface area contributed by atoms with E-state index in [1.165, 1.54) is 0 Å². The van der Waals surface area contributed by atoms with Gasteiger partial charge in [-0.05, 0) is 24.1 Å². The lowest BCUT2D eigenvalue weighted by molar-refractivity contribution is -0.139. The summed E-state index contributed by atoms with van der Waals surface area (Å²) >= 11 is 0. The molecule has 1 unspecified atom stereocenters. The molecule has 0 bridgehead atoms. The molecule has 1 rings (SSSR count). The molecule has 3 N–H and O–H groups in total. The summed E-state index contributed by atoms with van der Waals surface area (Å²) in [6.45, 7) is 1.93. The van der Waals surface area contributed by atoms with Gasteiger partial charge in [-0.15, -0.1) is 0 Å². The third-order valence-electron chi connectivity index (χ3n) is 2.70. The van der Waals surface area contributed by atoms with Crippen molar-refractivity contribution in [2.75, 3.05) is 7.11 Å². The van der Waals surface area contributed by atoms with Crippen LogP contribution in [-0.4, -0.2) is 24.2 Å². The van der Waals surface area contributed by atoms with Gasteiger partial charge in [0.1, 0.15) is 11.8 Å². The second-order valence-corrected chi connectivity index (χ2v) is 3.65. The Labute approximate surface area is 95.0 Å². The first-order valence-electron chi connectivity index (χ1n) is 5.22. The Kier molecular flexibility index (Phi) is 4.31. The van der Waals surface area contributed by atoms with E-state index in [0.29, 0.717) is 6.42 Å². The van der Waals surface area contributed by atoms with Gasteiger partial charge in [0.25, 0.3) is 0 Å². The van der Waals surface area contributed by atoms with Gasteiger partial charge in [0.05, 0.1) is 7.11 Å². The van der Waals surface area contributed by atoms with Crippen molar-refractivity contribution < 1.29 is 14.6 Å². The van der Waals surface area contributed by atoms with Crippen molar-refractivity contribution in [3.05, 3.63) is 29.8 Å². The fourth-order valence-corrected chi connectivity index (χ4v) is 1.72. The summed E-state index contributed by atoms with van der Waals surface area (Å²) in [5, 5.41) is 8.90. The highest BCUT2D eigenvalue weighted by Crippen LogP contribution is 2.24. The third kappa shape index (κ3) is 2.73. The van der Waals surface area contributed by atoms with Crippen LogP contribution in [0.2, 0.25) is 0 Å². The SMILES string of the molecule is CCC(c1ccc(OC)cc1)[C@H](N)C(=O)O. The van der Waals surface area contributed by atoms with Gasteiger partial charge in [-0.2, -0.15) is 0 Å². The molecule has 0 fully saturated rings. The number of aliphatic carboxylic acids is 1. The summed E-state index contributed by atoms with van der Waals surface area (Å²) in [7, 11) is 1.59. The summed E-state index contributed by atoms with van der Waals surface area (Å²) in [6, 6.07) is 6.48. The minimum absolute atomic E-state index is 0.164. The van der Waals surface area contributed by atoms with Gasteiger partial charge in [-0.25, -0.2) is 0 Å². The summed E-state index contributed by atoms with van der Waals surface area (Å²) < 4.78 is 5.04. The van der Waals surface area contributed by atoms with E-state index in [1.807, 2.05) is 31.2 Å². The zero-order chi connectivity index (χ0) is 12.1. The van der Waals surface area contributed by atoms with E-state index >= 15 is 0 Å². The summed E-state index contributed by atoms with van der Waals surface area (Å²) in [6.07, 6.45) is 0.694. The minimum Gasteiger partial charge on any atom is -0.497 e. The average Bonchev–Trinajstić information content (AvgIpc) is 2.30. The maximum absolute atomic E-state index is 10.8. The van der Waals surface area contributed by atoms with Crippen LogP contribution in [0.5, 0.6) is 5.75 Å². The van der Waals surface area contributed by atoms with Crippen LogP contribution in [0.1, 0.15) is 24.8 Å². The van der Waals surface area contributed by atoms with E-state index in [2.05, 4.69) is 0 Å². The normalized spacial score (nSPS) is 14.2. The van der Waals surface area contributed by atoms with Crippen LogP contribution >= 0.6 is 0 Å². The molecule has 0 aliphatic heterocycles. The summed E-state index contributed by atoms with van der Waals surface area (Å²) in [5.41, 5.74) is 6.57. The second-order valence-electron chi connectivity index (χ2n) is 3.65. The summed E-state index contributed by atoms with van der Waals surface area (Å²) in [4.78, 5) is 10.8. The molecule has 0 spiro atoms. The first-order valence-corrected chi connectivity index (χ1v) is 5.22. The van der Waals surface area contributed by atoms with Crippen LogP contribution in [0.4, 0.5) is 0 Å². The van der Waals surface area contributed by atoms with E-state index in [4.69, 9.17) is 15.6 Å². The number of benzene rings is 1. The lowest BCUT2D eigenvalue weighted by atomic mass is 9.89. The van der Waals surface area contributed by atoms with Crippen LogP contribution in [0, 0.1) is 0 Å². The van der Waals surface area contributed by atoms with Crippen LogP contribution in [0.3, 0.4) is 0 Å². The Morgan fingerprint density at radius 3 is 2.38 bits per heavy atom. The van der Waals surface area contributed by atoms with Gasteiger partial charge in [-0.3, -0.25) is 4.79 Å². The highest BCUT2D eigenvalue weighted by molar-refractivity contribution is 5.74. The van der Waals surface area contributed by atoms with Gasteiger partial charge in [0.15, 0.2) is 0 Å². The monoisotopic (exact) mass is 223 g/mol. The van der Waals surface area contributed by atoms with Gasteiger partial charge in [-0.1, -0.05) is 19.1 Å². The number of nitrogens with two attached hydrogens (primary N) is 1. The molecule has 0 amide bonds. The molecule has 2 atom stereocenters. The standard InChI is InChI=1S/C12H17NO3/c1-3-10(11(13)12(14)15)8-4-6-9(16-2)7-5-8/h4-7,10-11H,3,13H2,1-2H3,(H,14,15)/t10?,11-/m0/s1. The van der Waals surface area contributed by atoms with E-state index < -0.39 is 12.0 Å². The predicted molar refractivity (Wildman–Crippen MR) is 61.6 cm³/mol. The zero-order valence-corrected chi connectivity index (χ0v) is 9.51. The van der Waals surface area contributed by atoms with Crippen LogP contribution < -0.4 is 10.5 Å². The molecule has 0 heterocycles. The number of methoxy groups -OCH3 is 1. The number of carboxylic acid groups (broad SMARTS) is 1. The van der Waals surface area contributed by atoms with Crippen molar-refractivity contribution in [3.63, 3.8) is 0 Å². The maximum Gasteiger partial charge on any atom is 0.321 e. The quantitative estimate of drug-likeness (QED) is 0.795. The topological polar surface area (TPSA) is 72.5 Å². The van der Waals surface area contributed by atoms with Crippen molar-refractivity contribution in [1.82, 2.24) is 0 Å². The molecule has 0 saturated heterocycles. The number of hydrogen-bond acceptors (Lipinski definition) is 3. The molecule has 0 aliphatic rings. The molecule has 0 aliphatic carbocycles. The highest BCUT2D eigenvalue weighted by atomic mass is 16.5. The summed E-state index contributed by atoms with van der Waals surface area (Å²) in [5.74, 6) is -0.381. The van der Waals surface area contributed by atoms with Gasteiger partial charge in [0.2, 0.25) is 0 Å². The van der Waals surface area contributed by atoms with Crippen molar-refractivity contribution in [2.24, 2.45) is 5.73 Å². The van der Waals surface area contributed by atoms with Crippen molar-refractivity contribution in [1.29, 1.82) is 0 Å². The second kappa shape index (κ2) is 5.51. The molecule has 88 valence electrons. The first kappa shape index (κ1) is 12.5. The van der Waals surface area contributed by atoms with Crippen LogP contribution in [-0.2, 0) is 4.79 Å². The van der Waals surface area contributed by atoms with E-state index in [0.717, 1.165) is 11.3 Å². The highest BCUT2D eigenvalue weighted by Gasteiger charge is 2.23. The van der Waals surface area contributed by atoms with Crippen molar-refractivity contribution >= 4 is 5.97 Å². The number of rotatable bonds is 5. The first-order chi connectivity index (χ1) is 7.60. The fraction of sp³-hybridized carbons (Fsp3) is 0.417. The molecular formula is C12H17NO3. The molecule has 0 radical (unpaired) electrons. The smallest absolute Gasteiger partial charge is 0.321 e. The average molecular weight is 223 g/mol. The molecular weight excluding hydrogens is 206 g/mol. The molecule has 4 heteroatoms. The van der Waals surface area contributed by atoms with Crippen molar-refractivity contribution in [3.8, 4) is 5.75 Å². The Morgan fingerprint density at radius 2 is 2.00 bits per heavy atom. The van der Waals surface area contributed by atoms with E-state index in [1.54, 1.807) is 7.11 Å². The molecule has 0 saturated carbocycles. The lowest BCUT2D eigenvalue weighted by Gasteiger charge is -2.19. The minimum atomic E-state index is -0.970. The Balaban J connectivity index is 2.90. The Bertz CT molecular complexity index is 348. The predicted octanol–water partition coefficient (Wildman–Crippen LogP) is 1.60. The molecule has 1 aromatic rings. The number of hydrogen-bond donors (Lipinski definition) is 2. The van der Waals surface area contributed by atoms with Crippen LogP contribution in [0.15, 0.2) is 24.3 Å². The zero-order valence-electron chi connectivity index (χ0n) is 9.51. The van der Waals surface area contributed by atoms with Crippen molar-refractivity contribution in [2.45, 2.75) is 25.3 Å². The van der Waals surface area contributed by atoms with Gasteiger partial charge >= 0.3 is 5.97 Å². The number of carboxylic acids is 1. The van der Waals surface area contributed by atoms with Gasteiger partial charge in [0, 0.05) is 5.92 Å². The maximum atomic E-state index is 10.8. The van der Waals surface area contributed by atoms with E-state index in [-0.39, 0.29) is 5.92 Å². The Hall–Kier alpha value is -1.55. The third-order valence-corrected chi connectivity index (χ3v) is 2.70. The lowest BCUT2D eigenvalue weighted by Crippen LogP contribution is -2.36. The number of carbonyl (C=O) groups is 1. The molecule has 16 heavy (non-hydrogen) atoms. The fourth-order valence-electron chi connectivity index (χ4n) is 1.72. The van der Waals surface area contributed by atoms with Crippen LogP contribution in [0.25, 0.3) is 0 Å². The molecule has 0 aromatic heterocycles. The van der Waals surface area contributed by atoms with Gasteiger partial charge < -0.3 is 15.6 Å². The number of ether oxygens (including phenoxy) is 1. The molecule has 1 aromatic carbocycles.